The normalized spacial score (nSPS) is 12.6. The van der Waals surface area contributed by atoms with Gasteiger partial charge in [-0.15, -0.1) is 11.6 Å². The number of Topliss-reactive ketones (excluding diaryl/α,β-unsaturated/α-hetero) is 1. The molecule has 1 atom stereocenters. The number of benzene rings is 1. The minimum Gasteiger partial charge on any atom is -0.435 e. The Kier molecular flexibility index (Phi) is 4.18. The summed E-state index contributed by atoms with van der Waals surface area (Å²) in [5, 5.41) is -0.860. The lowest BCUT2D eigenvalue weighted by Gasteiger charge is -2.07. The summed E-state index contributed by atoms with van der Waals surface area (Å²) in [6.07, 6.45) is 0. The molecule has 0 saturated heterocycles. The Balaban J connectivity index is 3.03. The molecule has 0 fully saturated rings. The molecule has 0 amide bonds. The molecule has 16 heavy (non-hydrogen) atoms. The number of halogens is 4. The standard InChI is InChI=1S/C10H8ClF3O2/c1-5(11)9(15)6-2-7(12)4-8(3-6)16-10(13)14/h2-5,10H,1H3. The van der Waals surface area contributed by atoms with Crippen LogP contribution >= 0.6 is 11.6 Å². The van der Waals surface area contributed by atoms with E-state index in [-0.39, 0.29) is 5.56 Å². The van der Waals surface area contributed by atoms with E-state index in [2.05, 4.69) is 4.74 Å². The largest absolute Gasteiger partial charge is 0.435 e. The number of hydrogen-bond acceptors (Lipinski definition) is 2. The molecule has 1 unspecified atom stereocenters. The summed E-state index contributed by atoms with van der Waals surface area (Å²) in [5.41, 5.74) is -0.0989. The lowest BCUT2D eigenvalue weighted by molar-refractivity contribution is -0.0500. The van der Waals surface area contributed by atoms with Crippen LogP contribution in [0.4, 0.5) is 13.2 Å². The molecule has 0 aliphatic carbocycles. The summed E-state index contributed by atoms with van der Waals surface area (Å²) in [4.78, 5) is 11.4. The van der Waals surface area contributed by atoms with E-state index in [1.165, 1.54) is 6.92 Å². The van der Waals surface area contributed by atoms with Crippen molar-refractivity contribution in [3.63, 3.8) is 0 Å². The number of rotatable bonds is 4. The Bertz CT molecular complexity index is 394. The summed E-state index contributed by atoms with van der Waals surface area (Å²) in [5.74, 6) is -1.80. The molecular formula is C10H8ClF3O2. The van der Waals surface area contributed by atoms with Crippen molar-refractivity contribution in [3.8, 4) is 5.75 Å². The molecule has 0 aliphatic heterocycles. The first-order chi connectivity index (χ1) is 7.40. The fourth-order valence-electron chi connectivity index (χ4n) is 1.11. The van der Waals surface area contributed by atoms with Crippen LogP contribution in [0.1, 0.15) is 17.3 Å². The highest BCUT2D eigenvalue weighted by molar-refractivity contribution is 6.33. The minimum absolute atomic E-state index is 0.0989. The zero-order valence-electron chi connectivity index (χ0n) is 8.22. The van der Waals surface area contributed by atoms with Crippen molar-refractivity contribution >= 4 is 17.4 Å². The second-order valence-corrected chi connectivity index (χ2v) is 3.69. The maximum Gasteiger partial charge on any atom is 0.387 e. The van der Waals surface area contributed by atoms with Crippen LogP contribution in [0.25, 0.3) is 0 Å². The average molecular weight is 253 g/mol. The van der Waals surface area contributed by atoms with E-state index in [1.807, 2.05) is 0 Å². The van der Waals surface area contributed by atoms with Crippen LogP contribution in [0.15, 0.2) is 18.2 Å². The zero-order chi connectivity index (χ0) is 12.3. The Morgan fingerprint density at radius 3 is 2.50 bits per heavy atom. The molecule has 0 spiro atoms. The van der Waals surface area contributed by atoms with Crippen molar-refractivity contribution in [2.45, 2.75) is 18.9 Å². The van der Waals surface area contributed by atoms with Crippen molar-refractivity contribution in [1.29, 1.82) is 0 Å². The zero-order valence-corrected chi connectivity index (χ0v) is 8.97. The Morgan fingerprint density at radius 1 is 1.38 bits per heavy atom. The van der Waals surface area contributed by atoms with Gasteiger partial charge in [-0.25, -0.2) is 4.39 Å². The molecule has 0 heterocycles. The second kappa shape index (κ2) is 5.21. The maximum atomic E-state index is 13.0. The Hall–Kier alpha value is -1.23. The average Bonchev–Trinajstić information content (AvgIpc) is 2.14. The molecule has 0 radical (unpaired) electrons. The second-order valence-electron chi connectivity index (χ2n) is 3.03. The van der Waals surface area contributed by atoms with Crippen LogP contribution in [0.3, 0.4) is 0 Å². The van der Waals surface area contributed by atoms with Crippen LogP contribution in [0, 0.1) is 5.82 Å². The van der Waals surface area contributed by atoms with E-state index in [1.54, 1.807) is 0 Å². The predicted octanol–water partition coefficient (Wildman–Crippen LogP) is 3.24. The lowest BCUT2D eigenvalue weighted by Crippen LogP contribution is -2.11. The molecule has 1 aromatic carbocycles. The van der Waals surface area contributed by atoms with Gasteiger partial charge in [0, 0.05) is 11.6 Å². The van der Waals surface area contributed by atoms with Crippen molar-refractivity contribution in [3.05, 3.63) is 29.6 Å². The molecule has 2 nitrogen and oxygen atoms in total. The first-order valence-electron chi connectivity index (χ1n) is 4.34. The molecule has 0 saturated carbocycles. The van der Waals surface area contributed by atoms with Gasteiger partial charge in [0.2, 0.25) is 0 Å². The molecule has 88 valence electrons. The van der Waals surface area contributed by atoms with Crippen molar-refractivity contribution in [2.24, 2.45) is 0 Å². The third kappa shape index (κ3) is 3.41. The first-order valence-corrected chi connectivity index (χ1v) is 4.77. The van der Waals surface area contributed by atoms with Crippen molar-refractivity contribution in [1.82, 2.24) is 0 Å². The van der Waals surface area contributed by atoms with Crippen molar-refractivity contribution < 1.29 is 22.7 Å². The van der Waals surface area contributed by atoms with Crippen LogP contribution < -0.4 is 4.74 Å². The quantitative estimate of drug-likeness (QED) is 0.607. The van der Waals surface area contributed by atoms with E-state index in [9.17, 15) is 18.0 Å². The minimum atomic E-state index is -3.07. The van der Waals surface area contributed by atoms with Gasteiger partial charge in [-0.3, -0.25) is 4.79 Å². The SMILES string of the molecule is CC(Cl)C(=O)c1cc(F)cc(OC(F)F)c1. The highest BCUT2D eigenvalue weighted by Gasteiger charge is 2.15. The van der Waals surface area contributed by atoms with E-state index >= 15 is 0 Å². The van der Waals surface area contributed by atoms with E-state index in [0.29, 0.717) is 0 Å². The molecule has 0 N–H and O–H groups in total. The van der Waals surface area contributed by atoms with Gasteiger partial charge in [-0.2, -0.15) is 8.78 Å². The number of hydrogen-bond donors (Lipinski definition) is 0. The highest BCUT2D eigenvalue weighted by Crippen LogP contribution is 2.20. The summed E-state index contributed by atoms with van der Waals surface area (Å²) in [6.45, 7) is -1.67. The number of ketones is 1. The molecule has 1 aromatic rings. The predicted molar refractivity (Wildman–Crippen MR) is 52.7 cm³/mol. The summed E-state index contributed by atoms with van der Waals surface area (Å²) >= 11 is 5.51. The van der Waals surface area contributed by atoms with Gasteiger partial charge in [0.25, 0.3) is 0 Å². The van der Waals surface area contributed by atoms with E-state index in [0.717, 1.165) is 18.2 Å². The van der Waals surface area contributed by atoms with E-state index in [4.69, 9.17) is 11.6 Å². The van der Waals surface area contributed by atoms with Gasteiger partial charge in [-0.05, 0) is 19.1 Å². The Labute approximate surface area is 95.0 Å². The van der Waals surface area contributed by atoms with Gasteiger partial charge < -0.3 is 4.74 Å². The Morgan fingerprint density at radius 2 is 2.00 bits per heavy atom. The summed E-state index contributed by atoms with van der Waals surface area (Å²) in [7, 11) is 0. The number of carbonyl (C=O) groups is 1. The van der Waals surface area contributed by atoms with Crippen LogP contribution in [-0.2, 0) is 0 Å². The molecule has 0 aromatic heterocycles. The third-order valence-electron chi connectivity index (χ3n) is 1.74. The van der Waals surface area contributed by atoms with Gasteiger partial charge >= 0.3 is 6.61 Å². The van der Waals surface area contributed by atoms with E-state index < -0.39 is 29.3 Å². The maximum absolute atomic E-state index is 13.0. The lowest BCUT2D eigenvalue weighted by atomic mass is 10.1. The van der Waals surface area contributed by atoms with Gasteiger partial charge in [0.15, 0.2) is 5.78 Å². The topological polar surface area (TPSA) is 26.3 Å². The number of carbonyl (C=O) groups excluding carboxylic acids is 1. The molecule has 1 rings (SSSR count). The number of alkyl halides is 3. The van der Waals surface area contributed by atoms with Crippen LogP contribution in [0.2, 0.25) is 0 Å². The van der Waals surface area contributed by atoms with Crippen LogP contribution in [-0.4, -0.2) is 17.8 Å². The van der Waals surface area contributed by atoms with Crippen molar-refractivity contribution in [2.75, 3.05) is 0 Å². The fourth-order valence-corrected chi connectivity index (χ4v) is 1.23. The smallest absolute Gasteiger partial charge is 0.387 e. The van der Waals surface area contributed by atoms with Gasteiger partial charge in [0.1, 0.15) is 11.6 Å². The molecular weight excluding hydrogens is 245 g/mol. The monoisotopic (exact) mass is 252 g/mol. The van der Waals surface area contributed by atoms with Gasteiger partial charge in [-0.1, -0.05) is 0 Å². The van der Waals surface area contributed by atoms with Crippen LogP contribution in [0.5, 0.6) is 5.75 Å². The fraction of sp³-hybridized carbons (Fsp3) is 0.300. The molecule has 0 bridgehead atoms. The third-order valence-corrected chi connectivity index (χ3v) is 1.94. The first kappa shape index (κ1) is 12.8. The summed E-state index contributed by atoms with van der Waals surface area (Å²) in [6, 6.07) is 2.71. The number of ether oxygens (including phenoxy) is 1. The highest BCUT2D eigenvalue weighted by atomic mass is 35.5. The molecule has 6 heteroatoms. The van der Waals surface area contributed by atoms with Gasteiger partial charge in [0.05, 0.1) is 5.38 Å². The summed E-state index contributed by atoms with van der Waals surface area (Å²) < 4.78 is 40.8. The molecule has 0 aliphatic rings.